The molecule has 6 rings (SSSR count). The smallest absolute Gasteiger partial charge is 0.356 e. The van der Waals surface area contributed by atoms with Gasteiger partial charge in [-0.05, 0) is 41.0 Å². The van der Waals surface area contributed by atoms with Crippen molar-refractivity contribution in [2.75, 3.05) is 6.54 Å². The summed E-state index contributed by atoms with van der Waals surface area (Å²) in [6.45, 7) is 0.510. The predicted molar refractivity (Wildman–Crippen MR) is 155 cm³/mol. The third-order valence-electron chi connectivity index (χ3n) is 6.60. The van der Waals surface area contributed by atoms with Crippen molar-refractivity contribution in [3.05, 3.63) is 122 Å². The van der Waals surface area contributed by atoms with E-state index in [4.69, 9.17) is 33.5 Å². The molecule has 2 N–H and O–H groups in total. The topological polar surface area (TPSA) is 113 Å². The van der Waals surface area contributed by atoms with Gasteiger partial charge in [0.05, 0.1) is 24.8 Å². The molecule has 0 fully saturated rings. The summed E-state index contributed by atoms with van der Waals surface area (Å²) >= 11 is 12.3. The van der Waals surface area contributed by atoms with Gasteiger partial charge >= 0.3 is 5.69 Å². The van der Waals surface area contributed by atoms with Gasteiger partial charge in [0.2, 0.25) is 0 Å². The summed E-state index contributed by atoms with van der Waals surface area (Å²) in [7, 11) is 0. The van der Waals surface area contributed by atoms with Gasteiger partial charge in [0, 0.05) is 33.8 Å². The number of aromatic nitrogens is 5. The normalized spacial score (nSPS) is 11.4. The summed E-state index contributed by atoms with van der Waals surface area (Å²) in [5, 5.41) is 9.47. The van der Waals surface area contributed by atoms with E-state index >= 15 is 0 Å². The van der Waals surface area contributed by atoms with E-state index in [1.165, 1.54) is 13.9 Å². The van der Waals surface area contributed by atoms with Crippen LogP contribution in [0.15, 0.2) is 99.2 Å². The summed E-state index contributed by atoms with van der Waals surface area (Å²) in [6.07, 6.45) is 1.57. The Bertz CT molecular complexity index is 1920. The lowest BCUT2D eigenvalue weighted by atomic mass is 9.96. The second-order valence-corrected chi connectivity index (χ2v) is 10.0. The molecule has 40 heavy (non-hydrogen) atoms. The molecule has 0 radical (unpaired) electrons. The van der Waals surface area contributed by atoms with Crippen molar-refractivity contribution in [3.63, 3.8) is 0 Å². The summed E-state index contributed by atoms with van der Waals surface area (Å²) in [5.74, 6) is 0.628. The van der Waals surface area contributed by atoms with Gasteiger partial charge in [0.1, 0.15) is 0 Å². The third-order valence-corrected chi connectivity index (χ3v) is 7.10. The van der Waals surface area contributed by atoms with Crippen LogP contribution in [-0.4, -0.2) is 30.7 Å². The molecule has 0 atom stereocenters. The maximum absolute atomic E-state index is 14.4. The number of fused-ring (bicyclic) bond motifs is 1. The number of hydrogen-bond donors (Lipinski definition) is 1. The number of halogens is 2. The Morgan fingerprint density at radius 2 is 1.38 bits per heavy atom. The average molecular weight is 573 g/mol. The molecule has 9 nitrogen and oxygen atoms in total. The molecular weight excluding hydrogens is 551 g/mol. The van der Waals surface area contributed by atoms with Gasteiger partial charge in [-0.15, -0.1) is 5.10 Å². The molecule has 3 aromatic heterocycles. The quantitative estimate of drug-likeness (QED) is 0.289. The van der Waals surface area contributed by atoms with Crippen LogP contribution in [0.2, 0.25) is 10.0 Å². The van der Waals surface area contributed by atoms with Gasteiger partial charge in [-0.2, -0.15) is 4.52 Å². The molecule has 0 spiro atoms. The van der Waals surface area contributed by atoms with E-state index < -0.39 is 5.69 Å². The maximum atomic E-state index is 14.4. The first kappa shape index (κ1) is 25.8. The van der Waals surface area contributed by atoms with Gasteiger partial charge in [0.15, 0.2) is 11.4 Å². The summed E-state index contributed by atoms with van der Waals surface area (Å²) in [4.78, 5) is 28.0. The molecule has 3 heterocycles. The van der Waals surface area contributed by atoms with Crippen LogP contribution in [0.3, 0.4) is 0 Å². The molecule has 0 unspecified atom stereocenters. The van der Waals surface area contributed by atoms with Crippen molar-refractivity contribution >= 4 is 28.8 Å². The molecule has 3 aromatic carbocycles. The maximum Gasteiger partial charge on any atom is 0.365 e. The second-order valence-electron chi connectivity index (χ2n) is 9.13. The Morgan fingerprint density at radius 3 is 1.95 bits per heavy atom. The Kier molecular flexibility index (Phi) is 6.85. The Morgan fingerprint density at radius 1 is 0.775 bits per heavy atom. The highest BCUT2D eigenvalue weighted by Crippen LogP contribution is 2.33. The van der Waals surface area contributed by atoms with E-state index in [1.807, 2.05) is 24.3 Å². The van der Waals surface area contributed by atoms with E-state index in [-0.39, 0.29) is 25.2 Å². The van der Waals surface area contributed by atoms with Crippen molar-refractivity contribution in [1.82, 2.24) is 24.1 Å². The minimum Gasteiger partial charge on any atom is -0.356 e. The van der Waals surface area contributed by atoms with Crippen LogP contribution in [0.1, 0.15) is 5.56 Å². The van der Waals surface area contributed by atoms with E-state index in [2.05, 4.69) is 10.3 Å². The minimum absolute atomic E-state index is 0.113. The molecule has 0 amide bonds. The second kappa shape index (κ2) is 10.6. The standard InChI is InChI=1S/C29H22Cl2N6O3/c30-22-9-5-20(6-10-22)25-26(21-7-11-23(31)12-8-21)28(38)36(37-27(25)34-35(16-14-32)29(37)39)17-18-1-3-19(4-2-18)24-13-15-33-40-24/h1-13,15H,14,16-17,32H2. The van der Waals surface area contributed by atoms with Crippen LogP contribution in [0.5, 0.6) is 0 Å². The monoisotopic (exact) mass is 572 g/mol. The number of benzene rings is 3. The molecule has 6 aromatic rings. The van der Waals surface area contributed by atoms with Crippen LogP contribution in [0.4, 0.5) is 0 Å². The number of nitrogens with zero attached hydrogens (tertiary/aromatic N) is 5. The molecular formula is C29H22Cl2N6O3. The largest absolute Gasteiger partial charge is 0.365 e. The van der Waals surface area contributed by atoms with Crippen molar-refractivity contribution in [2.24, 2.45) is 5.73 Å². The zero-order chi connectivity index (χ0) is 27.8. The lowest BCUT2D eigenvalue weighted by Gasteiger charge is -2.16. The summed E-state index contributed by atoms with van der Waals surface area (Å²) < 4.78 is 9.26. The van der Waals surface area contributed by atoms with Crippen LogP contribution in [0, 0.1) is 0 Å². The third kappa shape index (κ3) is 4.64. The highest BCUT2D eigenvalue weighted by Gasteiger charge is 2.24. The number of nitrogens with two attached hydrogens (primary N) is 1. The molecule has 0 saturated carbocycles. The fraction of sp³-hybridized carbons (Fsp3) is 0.103. The number of rotatable bonds is 7. The van der Waals surface area contributed by atoms with Crippen LogP contribution < -0.4 is 17.0 Å². The van der Waals surface area contributed by atoms with E-state index in [1.54, 1.807) is 60.8 Å². The number of hydrogen-bond acceptors (Lipinski definition) is 6. The first-order chi connectivity index (χ1) is 19.4. The van der Waals surface area contributed by atoms with E-state index in [0.29, 0.717) is 43.7 Å². The highest BCUT2D eigenvalue weighted by atomic mass is 35.5. The molecule has 200 valence electrons. The fourth-order valence-electron chi connectivity index (χ4n) is 4.71. The van der Waals surface area contributed by atoms with Gasteiger partial charge in [0.25, 0.3) is 5.56 Å². The molecule has 0 aliphatic rings. The van der Waals surface area contributed by atoms with E-state index in [9.17, 15) is 9.59 Å². The molecule has 0 aliphatic heterocycles. The Hall–Kier alpha value is -4.44. The summed E-state index contributed by atoms with van der Waals surface area (Å²) in [6, 6.07) is 23.3. The Balaban J connectivity index is 1.63. The summed E-state index contributed by atoms with van der Waals surface area (Å²) in [5.41, 5.74) is 9.12. The molecule has 11 heteroatoms. The Labute approximate surface area is 237 Å². The fourth-order valence-corrected chi connectivity index (χ4v) is 4.96. The van der Waals surface area contributed by atoms with Crippen LogP contribution in [0.25, 0.3) is 39.2 Å². The zero-order valence-corrected chi connectivity index (χ0v) is 22.5. The zero-order valence-electron chi connectivity index (χ0n) is 21.0. The molecule has 0 bridgehead atoms. The first-order valence-electron chi connectivity index (χ1n) is 12.4. The van der Waals surface area contributed by atoms with Crippen LogP contribution >= 0.6 is 23.2 Å². The minimum atomic E-state index is -0.464. The van der Waals surface area contributed by atoms with Crippen molar-refractivity contribution in [3.8, 4) is 33.6 Å². The van der Waals surface area contributed by atoms with Gasteiger partial charge in [-0.1, -0.05) is 76.9 Å². The van der Waals surface area contributed by atoms with Gasteiger partial charge in [-0.3, -0.25) is 4.79 Å². The van der Waals surface area contributed by atoms with Crippen molar-refractivity contribution in [2.45, 2.75) is 13.1 Å². The van der Waals surface area contributed by atoms with Gasteiger partial charge < -0.3 is 10.3 Å². The van der Waals surface area contributed by atoms with Crippen LogP contribution in [-0.2, 0) is 13.1 Å². The predicted octanol–water partition coefficient (Wildman–Crippen LogP) is 4.96. The molecule has 0 aliphatic carbocycles. The highest BCUT2D eigenvalue weighted by molar-refractivity contribution is 6.31. The lowest BCUT2D eigenvalue weighted by molar-refractivity contribution is 0.432. The van der Waals surface area contributed by atoms with Crippen molar-refractivity contribution < 1.29 is 4.52 Å². The average Bonchev–Trinajstić information content (AvgIpc) is 3.61. The van der Waals surface area contributed by atoms with Gasteiger partial charge in [-0.25, -0.2) is 14.2 Å². The molecule has 0 saturated heterocycles. The SMILES string of the molecule is NCCn1nc2c(-c3ccc(Cl)cc3)c(-c3ccc(Cl)cc3)c(=O)n(Cc3ccc(-c4ccno4)cc3)n2c1=O. The first-order valence-corrected chi connectivity index (χ1v) is 13.2. The lowest BCUT2D eigenvalue weighted by Crippen LogP contribution is -2.35. The van der Waals surface area contributed by atoms with E-state index in [0.717, 1.165) is 11.1 Å². The van der Waals surface area contributed by atoms with Crippen molar-refractivity contribution in [1.29, 1.82) is 0 Å².